The van der Waals surface area contributed by atoms with Crippen LogP contribution >= 0.6 is 0 Å². The second-order valence-corrected chi connectivity index (χ2v) is 2.82. The van der Waals surface area contributed by atoms with Crippen molar-refractivity contribution in [1.82, 2.24) is 0 Å². The minimum Gasteiger partial charge on any atom is -0.150 e. The van der Waals surface area contributed by atoms with Crippen molar-refractivity contribution in [3.8, 4) is 0 Å². The van der Waals surface area contributed by atoms with E-state index in [1.807, 2.05) is 6.92 Å². The fraction of sp³-hybridized carbons (Fsp3) is 1.00. The molecule has 0 amide bonds. The molecule has 0 aromatic carbocycles. The lowest BCUT2D eigenvalue weighted by atomic mass is 10.1. The minimum atomic E-state index is -0.363. The fourth-order valence-electron chi connectivity index (χ4n) is 1.44. The lowest BCUT2D eigenvalue weighted by Gasteiger charge is -2.06. The molecule has 0 bridgehead atoms. The van der Waals surface area contributed by atoms with Gasteiger partial charge in [-0.1, -0.05) is 17.3 Å². The summed E-state index contributed by atoms with van der Waals surface area (Å²) in [6.45, 7) is 1.93. The molecule has 3 atom stereocenters. The highest BCUT2D eigenvalue weighted by atomic mass is 16.3. The third-order valence-corrected chi connectivity index (χ3v) is 2.15. The maximum absolute atomic E-state index is 10.1. The Morgan fingerprint density at radius 2 is 1.90 bits per heavy atom. The summed E-state index contributed by atoms with van der Waals surface area (Å²) in [5, 5.41) is 5.72. The van der Waals surface area contributed by atoms with Crippen LogP contribution in [0.2, 0.25) is 0 Å². The number of hydrogen-bond donors (Lipinski definition) is 0. The molecule has 0 N–H and O–H groups in total. The Kier molecular flexibility index (Phi) is 2.09. The molecule has 0 aromatic heterocycles. The zero-order valence-corrected chi connectivity index (χ0v) is 5.86. The standard InChI is InChI=1S/C6H10N2O2/c1-4-2-3-5(7-9)6(4)8-10/h4-6H,2-3H2,1H3. The molecule has 0 radical (unpaired) electrons. The van der Waals surface area contributed by atoms with Crippen LogP contribution in [0.4, 0.5) is 0 Å². The van der Waals surface area contributed by atoms with E-state index in [1.54, 1.807) is 0 Å². The highest BCUT2D eigenvalue weighted by Gasteiger charge is 2.35. The molecule has 56 valence electrons. The molecule has 0 aliphatic heterocycles. The molecule has 4 nitrogen and oxygen atoms in total. The van der Waals surface area contributed by atoms with Crippen molar-refractivity contribution in [2.24, 2.45) is 16.3 Å². The highest BCUT2D eigenvalue weighted by molar-refractivity contribution is 4.92. The van der Waals surface area contributed by atoms with E-state index in [9.17, 15) is 9.81 Å². The molecule has 1 fully saturated rings. The molecule has 0 heterocycles. The van der Waals surface area contributed by atoms with Gasteiger partial charge < -0.3 is 0 Å². The fourth-order valence-corrected chi connectivity index (χ4v) is 1.44. The first kappa shape index (κ1) is 7.31. The lowest BCUT2D eigenvalue weighted by Crippen LogP contribution is -2.19. The largest absolute Gasteiger partial charge is 0.150 e. The SMILES string of the molecule is CC1CCC(N=O)C1N=O. The van der Waals surface area contributed by atoms with Crippen molar-refractivity contribution in [3.63, 3.8) is 0 Å². The summed E-state index contributed by atoms with van der Waals surface area (Å²) in [4.78, 5) is 20.2. The van der Waals surface area contributed by atoms with Gasteiger partial charge in [0.05, 0.1) is 0 Å². The Morgan fingerprint density at radius 1 is 1.20 bits per heavy atom. The van der Waals surface area contributed by atoms with E-state index in [1.165, 1.54) is 0 Å². The van der Waals surface area contributed by atoms with Crippen molar-refractivity contribution >= 4 is 0 Å². The molecule has 4 heteroatoms. The summed E-state index contributed by atoms with van der Waals surface area (Å²) in [6, 6.07) is -0.718. The average molecular weight is 142 g/mol. The zero-order valence-electron chi connectivity index (χ0n) is 5.86. The Bertz CT molecular complexity index is 149. The van der Waals surface area contributed by atoms with E-state index in [0.717, 1.165) is 12.8 Å². The van der Waals surface area contributed by atoms with Crippen molar-refractivity contribution < 1.29 is 0 Å². The second-order valence-electron chi connectivity index (χ2n) is 2.82. The van der Waals surface area contributed by atoms with Crippen LogP contribution in [-0.2, 0) is 0 Å². The highest BCUT2D eigenvalue weighted by Crippen LogP contribution is 2.29. The summed E-state index contributed by atoms with van der Waals surface area (Å²) in [5.41, 5.74) is 0. The summed E-state index contributed by atoms with van der Waals surface area (Å²) in [7, 11) is 0. The third kappa shape index (κ3) is 1.05. The molecule has 1 aliphatic carbocycles. The number of nitroso groups, excluding NO2 is 2. The van der Waals surface area contributed by atoms with E-state index in [0.29, 0.717) is 0 Å². The summed E-state index contributed by atoms with van der Waals surface area (Å²) in [6.07, 6.45) is 1.62. The van der Waals surface area contributed by atoms with Gasteiger partial charge in [0.15, 0.2) is 0 Å². The number of hydrogen-bond acceptors (Lipinski definition) is 4. The van der Waals surface area contributed by atoms with Crippen molar-refractivity contribution in [2.75, 3.05) is 0 Å². The zero-order chi connectivity index (χ0) is 7.56. The van der Waals surface area contributed by atoms with Gasteiger partial charge in [-0.25, -0.2) is 0 Å². The minimum absolute atomic E-state index is 0.236. The van der Waals surface area contributed by atoms with Crippen molar-refractivity contribution in [1.29, 1.82) is 0 Å². The van der Waals surface area contributed by atoms with Gasteiger partial charge in [-0.3, -0.25) is 0 Å². The molecule has 10 heavy (non-hydrogen) atoms. The smallest absolute Gasteiger partial charge is 0.120 e. The molecule has 1 aliphatic rings. The topological polar surface area (TPSA) is 58.9 Å². The lowest BCUT2D eigenvalue weighted by molar-refractivity contribution is 0.496. The Hall–Kier alpha value is -0.800. The predicted octanol–water partition coefficient (Wildman–Crippen LogP) is 1.69. The summed E-state index contributed by atoms with van der Waals surface area (Å²) >= 11 is 0. The maximum atomic E-state index is 10.1. The van der Waals surface area contributed by atoms with Crippen LogP contribution in [0.3, 0.4) is 0 Å². The first-order valence-corrected chi connectivity index (χ1v) is 3.44. The van der Waals surface area contributed by atoms with Crippen molar-refractivity contribution in [2.45, 2.75) is 31.8 Å². The Labute approximate surface area is 58.9 Å². The van der Waals surface area contributed by atoms with E-state index in [2.05, 4.69) is 10.4 Å². The number of nitrogens with zero attached hydrogens (tertiary/aromatic N) is 2. The first-order valence-electron chi connectivity index (χ1n) is 3.44. The molecule has 1 rings (SSSR count). The van der Waals surface area contributed by atoms with Crippen LogP contribution in [-0.4, -0.2) is 12.1 Å². The molecular weight excluding hydrogens is 132 g/mol. The molecule has 1 saturated carbocycles. The summed E-state index contributed by atoms with van der Waals surface area (Å²) in [5.74, 6) is 0.236. The van der Waals surface area contributed by atoms with Gasteiger partial charge in [0.1, 0.15) is 12.1 Å². The molecule has 0 spiro atoms. The monoisotopic (exact) mass is 142 g/mol. The quantitative estimate of drug-likeness (QED) is 0.551. The molecule has 0 aromatic rings. The summed E-state index contributed by atoms with van der Waals surface area (Å²) < 4.78 is 0. The molecular formula is C6H10N2O2. The van der Waals surface area contributed by atoms with Gasteiger partial charge in [-0.2, -0.15) is 9.81 Å². The van der Waals surface area contributed by atoms with E-state index >= 15 is 0 Å². The van der Waals surface area contributed by atoms with Crippen LogP contribution in [0.5, 0.6) is 0 Å². The van der Waals surface area contributed by atoms with Crippen LogP contribution in [0, 0.1) is 15.7 Å². The van der Waals surface area contributed by atoms with Gasteiger partial charge in [0, 0.05) is 0 Å². The number of rotatable bonds is 2. The molecule has 3 unspecified atom stereocenters. The van der Waals surface area contributed by atoms with Gasteiger partial charge in [-0.05, 0) is 18.8 Å². The Balaban J connectivity index is 2.61. The van der Waals surface area contributed by atoms with E-state index < -0.39 is 0 Å². The van der Waals surface area contributed by atoms with Crippen LogP contribution < -0.4 is 0 Å². The van der Waals surface area contributed by atoms with E-state index in [-0.39, 0.29) is 18.0 Å². The van der Waals surface area contributed by atoms with Gasteiger partial charge in [-0.15, -0.1) is 0 Å². The van der Waals surface area contributed by atoms with Crippen LogP contribution in [0.15, 0.2) is 10.4 Å². The second kappa shape index (κ2) is 2.86. The normalized spacial score (nSPS) is 39.5. The molecule has 0 saturated heterocycles. The van der Waals surface area contributed by atoms with Crippen LogP contribution in [0.1, 0.15) is 19.8 Å². The Morgan fingerprint density at radius 3 is 2.30 bits per heavy atom. The third-order valence-electron chi connectivity index (χ3n) is 2.15. The van der Waals surface area contributed by atoms with Crippen molar-refractivity contribution in [3.05, 3.63) is 9.81 Å². The van der Waals surface area contributed by atoms with Crippen LogP contribution in [0.25, 0.3) is 0 Å². The first-order chi connectivity index (χ1) is 4.79. The predicted molar refractivity (Wildman–Crippen MR) is 37.6 cm³/mol. The van der Waals surface area contributed by atoms with Gasteiger partial charge in [0.25, 0.3) is 0 Å². The average Bonchev–Trinajstić information content (AvgIpc) is 2.30. The van der Waals surface area contributed by atoms with E-state index in [4.69, 9.17) is 0 Å². The van der Waals surface area contributed by atoms with Gasteiger partial charge in [0.2, 0.25) is 0 Å². The van der Waals surface area contributed by atoms with Gasteiger partial charge >= 0.3 is 0 Å². The maximum Gasteiger partial charge on any atom is 0.120 e.